The molecule has 0 unspecified atom stereocenters. The maximum Gasteiger partial charge on any atom is 0.224 e. The van der Waals surface area contributed by atoms with Crippen molar-refractivity contribution in [2.45, 2.75) is 26.3 Å². The number of nitrogens with one attached hydrogen (secondary N) is 1. The maximum absolute atomic E-state index is 12.4. The third-order valence-corrected chi connectivity index (χ3v) is 3.04. The van der Waals surface area contributed by atoms with Crippen LogP contribution in [0.15, 0.2) is 30.1 Å². The van der Waals surface area contributed by atoms with Gasteiger partial charge in [0.25, 0.3) is 0 Å². The topological polar surface area (TPSA) is 38.3 Å². The fourth-order valence-electron chi connectivity index (χ4n) is 1.85. The first-order valence-electron chi connectivity index (χ1n) is 6.02. The first-order valence-corrected chi connectivity index (χ1v) is 6.02. The number of amides is 1. The molecule has 0 saturated carbocycles. The Morgan fingerprint density at radius 2 is 2.33 bits per heavy atom. The molecule has 96 valence electrons. The van der Waals surface area contributed by atoms with E-state index in [1.54, 1.807) is 0 Å². The van der Waals surface area contributed by atoms with Crippen molar-refractivity contribution in [3.05, 3.63) is 41.2 Å². The molecule has 1 amide bonds. The number of ether oxygens (including phenoxy) is 1. The largest absolute Gasteiger partial charge is 0.489 e. The molecule has 0 aliphatic carbocycles. The zero-order valence-corrected chi connectivity index (χ0v) is 10.3. The van der Waals surface area contributed by atoms with Crippen LogP contribution in [0.25, 0.3) is 0 Å². The van der Waals surface area contributed by atoms with E-state index in [2.05, 4.69) is 5.32 Å². The third-order valence-electron chi connectivity index (χ3n) is 3.04. The van der Waals surface area contributed by atoms with E-state index in [9.17, 15) is 9.18 Å². The summed E-state index contributed by atoms with van der Waals surface area (Å²) in [5.74, 6) is 0.703. The van der Waals surface area contributed by atoms with Crippen LogP contribution in [0.2, 0.25) is 0 Å². The van der Waals surface area contributed by atoms with Gasteiger partial charge in [0.1, 0.15) is 12.4 Å². The van der Waals surface area contributed by atoms with Gasteiger partial charge >= 0.3 is 0 Å². The second-order valence-corrected chi connectivity index (χ2v) is 4.29. The van der Waals surface area contributed by atoms with E-state index in [1.165, 1.54) is 0 Å². The summed E-state index contributed by atoms with van der Waals surface area (Å²) >= 11 is 0. The van der Waals surface area contributed by atoms with Crippen molar-refractivity contribution in [2.75, 3.05) is 6.61 Å². The molecule has 1 aliphatic rings. The van der Waals surface area contributed by atoms with Gasteiger partial charge in [-0.25, -0.2) is 4.39 Å². The average Bonchev–Trinajstić information content (AvgIpc) is 2.39. The monoisotopic (exact) mass is 249 g/mol. The summed E-state index contributed by atoms with van der Waals surface area (Å²) < 4.78 is 17.9. The van der Waals surface area contributed by atoms with Crippen LogP contribution in [0.1, 0.15) is 24.5 Å². The van der Waals surface area contributed by atoms with Crippen LogP contribution >= 0.6 is 0 Å². The van der Waals surface area contributed by atoms with E-state index in [0.29, 0.717) is 37.0 Å². The summed E-state index contributed by atoms with van der Waals surface area (Å²) in [6.07, 6.45) is 1.60. The SMILES string of the molecule is CC/C(=C\F)COc1ccc2c(c1)CC(=O)NC2. The number of halogens is 1. The zero-order valence-electron chi connectivity index (χ0n) is 10.3. The smallest absolute Gasteiger partial charge is 0.224 e. The lowest BCUT2D eigenvalue weighted by atomic mass is 10.0. The first kappa shape index (κ1) is 12.6. The van der Waals surface area contributed by atoms with Gasteiger partial charge in [-0.3, -0.25) is 4.79 Å². The molecule has 4 heteroatoms. The lowest BCUT2D eigenvalue weighted by Gasteiger charge is -2.17. The van der Waals surface area contributed by atoms with Gasteiger partial charge in [-0.15, -0.1) is 0 Å². The third kappa shape index (κ3) is 2.88. The number of hydrogen-bond acceptors (Lipinski definition) is 2. The molecular formula is C14H16FNO2. The number of carbonyl (C=O) groups is 1. The predicted octanol–water partition coefficient (Wildman–Crippen LogP) is 2.50. The van der Waals surface area contributed by atoms with Gasteiger partial charge < -0.3 is 10.1 Å². The zero-order chi connectivity index (χ0) is 13.0. The molecular weight excluding hydrogens is 233 g/mol. The van der Waals surface area contributed by atoms with Crippen molar-refractivity contribution in [1.82, 2.24) is 5.32 Å². The van der Waals surface area contributed by atoms with Crippen molar-refractivity contribution in [3.8, 4) is 5.75 Å². The number of benzene rings is 1. The van der Waals surface area contributed by atoms with Crippen LogP contribution < -0.4 is 10.1 Å². The second kappa shape index (κ2) is 5.67. The van der Waals surface area contributed by atoms with Gasteiger partial charge in [0, 0.05) is 6.54 Å². The highest BCUT2D eigenvalue weighted by atomic mass is 19.1. The standard InChI is InChI=1S/C14H16FNO2/c1-2-10(7-15)9-18-13-4-3-11-8-16-14(17)6-12(11)5-13/h3-5,7H,2,6,8-9H2,1H3,(H,16,17)/b10-7+. The lowest BCUT2D eigenvalue weighted by Crippen LogP contribution is -2.30. The van der Waals surface area contributed by atoms with Gasteiger partial charge in [-0.2, -0.15) is 0 Å². The van der Waals surface area contributed by atoms with Crippen molar-refractivity contribution in [2.24, 2.45) is 0 Å². The summed E-state index contributed by atoms with van der Waals surface area (Å²) in [5, 5.41) is 2.79. The van der Waals surface area contributed by atoms with Crippen molar-refractivity contribution in [3.63, 3.8) is 0 Å². The van der Waals surface area contributed by atoms with E-state index in [0.717, 1.165) is 11.1 Å². The van der Waals surface area contributed by atoms with Crippen LogP contribution in [0.4, 0.5) is 4.39 Å². The molecule has 0 spiro atoms. The van der Waals surface area contributed by atoms with E-state index < -0.39 is 0 Å². The number of fused-ring (bicyclic) bond motifs is 1. The fourth-order valence-corrected chi connectivity index (χ4v) is 1.85. The number of hydrogen-bond donors (Lipinski definition) is 1. The van der Waals surface area contributed by atoms with E-state index in [1.807, 2.05) is 25.1 Å². The highest BCUT2D eigenvalue weighted by molar-refractivity contribution is 5.80. The Hall–Kier alpha value is -1.84. The molecule has 1 N–H and O–H groups in total. The Labute approximate surface area is 106 Å². The summed E-state index contributed by atoms with van der Waals surface area (Å²) in [4.78, 5) is 11.3. The van der Waals surface area contributed by atoms with Gasteiger partial charge in [0.15, 0.2) is 0 Å². The van der Waals surface area contributed by atoms with E-state index in [4.69, 9.17) is 4.74 Å². The first-order chi connectivity index (χ1) is 8.72. The van der Waals surface area contributed by atoms with E-state index in [-0.39, 0.29) is 12.5 Å². The Morgan fingerprint density at radius 3 is 3.06 bits per heavy atom. The second-order valence-electron chi connectivity index (χ2n) is 4.29. The predicted molar refractivity (Wildman–Crippen MR) is 67.0 cm³/mol. The summed E-state index contributed by atoms with van der Waals surface area (Å²) in [6.45, 7) is 2.70. The van der Waals surface area contributed by atoms with Crippen molar-refractivity contribution < 1.29 is 13.9 Å². The molecule has 0 radical (unpaired) electrons. The minimum atomic E-state index is 0.0255. The molecule has 0 bridgehead atoms. The van der Waals surface area contributed by atoms with Gasteiger partial charge in [0.05, 0.1) is 12.8 Å². The molecule has 18 heavy (non-hydrogen) atoms. The quantitative estimate of drug-likeness (QED) is 0.890. The van der Waals surface area contributed by atoms with Crippen LogP contribution in [0.5, 0.6) is 5.75 Å². The lowest BCUT2D eigenvalue weighted by molar-refractivity contribution is -0.121. The maximum atomic E-state index is 12.4. The molecule has 0 aromatic heterocycles. The van der Waals surface area contributed by atoms with Crippen LogP contribution in [-0.4, -0.2) is 12.5 Å². The van der Waals surface area contributed by atoms with Gasteiger partial charge in [-0.05, 0) is 35.3 Å². The molecule has 3 nitrogen and oxygen atoms in total. The number of carbonyl (C=O) groups excluding carboxylic acids is 1. The molecule has 1 aromatic rings. The van der Waals surface area contributed by atoms with Gasteiger partial charge in [-0.1, -0.05) is 13.0 Å². The Balaban J connectivity index is 2.07. The fraction of sp³-hybridized carbons (Fsp3) is 0.357. The Bertz CT molecular complexity index is 483. The summed E-state index contributed by atoms with van der Waals surface area (Å²) in [7, 11) is 0. The molecule has 0 atom stereocenters. The Morgan fingerprint density at radius 1 is 1.50 bits per heavy atom. The highest BCUT2D eigenvalue weighted by Gasteiger charge is 2.15. The van der Waals surface area contributed by atoms with Gasteiger partial charge in [0.2, 0.25) is 5.91 Å². The molecule has 2 rings (SSSR count). The molecule has 0 saturated heterocycles. The summed E-state index contributed by atoms with van der Waals surface area (Å²) in [5.41, 5.74) is 2.71. The van der Waals surface area contributed by atoms with Crippen LogP contribution in [-0.2, 0) is 17.8 Å². The number of rotatable bonds is 4. The minimum absolute atomic E-state index is 0.0255. The average molecular weight is 249 g/mol. The minimum Gasteiger partial charge on any atom is -0.489 e. The molecule has 1 heterocycles. The Kier molecular flexibility index (Phi) is 3.97. The van der Waals surface area contributed by atoms with E-state index >= 15 is 0 Å². The molecule has 1 aliphatic heterocycles. The van der Waals surface area contributed by atoms with Crippen LogP contribution in [0.3, 0.4) is 0 Å². The van der Waals surface area contributed by atoms with Crippen molar-refractivity contribution in [1.29, 1.82) is 0 Å². The van der Waals surface area contributed by atoms with Crippen LogP contribution in [0, 0.1) is 0 Å². The highest BCUT2D eigenvalue weighted by Crippen LogP contribution is 2.21. The molecule has 1 aromatic carbocycles. The normalized spacial score (nSPS) is 15.0. The van der Waals surface area contributed by atoms with Crippen molar-refractivity contribution >= 4 is 5.91 Å². The molecule has 0 fully saturated rings. The summed E-state index contributed by atoms with van der Waals surface area (Å²) in [6, 6.07) is 5.65.